The maximum Gasteiger partial charge on any atom is 0.306 e. The lowest BCUT2D eigenvalue weighted by Crippen LogP contribution is -2.33. The van der Waals surface area contributed by atoms with E-state index in [1.165, 1.54) is 154 Å². The van der Waals surface area contributed by atoms with Crippen molar-refractivity contribution >= 4 is 23.9 Å². The number of aliphatic hydroxyl groups excluding tert-OH is 8. The van der Waals surface area contributed by atoms with Gasteiger partial charge in [0.25, 0.3) is 0 Å². The minimum absolute atomic E-state index is 0.112. The Morgan fingerprint density at radius 2 is 0.323 bits per heavy atom. The lowest BCUT2D eigenvalue weighted by molar-refractivity contribution is -0.164. The summed E-state index contributed by atoms with van der Waals surface area (Å²) in [6.45, 7) is 5.30. The van der Waals surface area contributed by atoms with E-state index in [1.54, 1.807) is 0 Å². The van der Waals surface area contributed by atoms with Crippen LogP contribution in [0.25, 0.3) is 0 Å². The van der Waals surface area contributed by atoms with Crippen molar-refractivity contribution in [3.05, 3.63) is 48.6 Å². The van der Waals surface area contributed by atoms with Crippen molar-refractivity contribution < 1.29 is 122 Å². The summed E-state index contributed by atoms with van der Waals surface area (Å²) in [6.07, 6.45) is 68.8. The molecule has 0 aromatic heterocycles. The molecule has 0 bridgehead atoms. The van der Waals surface area contributed by atoms with Crippen molar-refractivity contribution in [3.8, 4) is 0 Å². The van der Waals surface area contributed by atoms with Crippen molar-refractivity contribution in [3.63, 3.8) is 0 Å². The van der Waals surface area contributed by atoms with E-state index < -0.39 is 73.0 Å². The molecule has 0 saturated heterocycles. The molecule has 0 aliphatic carbocycles. The highest BCUT2D eigenvalue weighted by atomic mass is 16.6. The number of rotatable bonds is 102. The molecule has 0 aliphatic rings. The summed E-state index contributed by atoms with van der Waals surface area (Å²) >= 11 is 0. The Labute approximate surface area is 770 Å². The number of carbonyl (C=O) groups is 4. The highest BCUT2D eigenvalue weighted by molar-refractivity contribution is 5.71. The monoisotopic (exact) mass is 1820 g/mol. The number of unbranched alkanes of at least 4 members (excludes halogenated alkanes) is 44. The van der Waals surface area contributed by atoms with E-state index >= 15 is 0 Å². The standard InChI is InChI=1S/C102H190O25/c1-5-9-13-17-21-25-29-33-37-41-45-49-53-57-61-65-99(111)124-87-97(126-101(113)67-63-59-55-51-47-43-39-35-31-27-23-19-15-11-7-3)85-122-83-95(109)81-120-79-93(107)77-118-75-91(105)73-116-71-89(103)69-115-70-90(104)72-117-74-92(106)76-119-78-94(108)80-121-82-96(110)84-123-86-98(127-102(114)68-64-60-56-52-48-44-40-36-32-28-24-20-16-12-8-4)88-125-100(112)66-62-58-54-50-46-42-38-34-30-26-22-18-14-10-6-2/h33-40,89-98,103-110H,5-32,41-88H2,1-4H3/b37-33+,38-34+,39-35+,40-36+. The van der Waals surface area contributed by atoms with Gasteiger partial charge in [0.1, 0.15) is 62.0 Å². The average molecular weight is 1820 g/mol. The van der Waals surface area contributed by atoms with E-state index in [2.05, 4.69) is 76.3 Å². The van der Waals surface area contributed by atoms with Gasteiger partial charge in [-0.15, -0.1) is 0 Å². The molecule has 0 spiro atoms. The molecule has 0 aromatic rings. The first-order chi connectivity index (χ1) is 62.0. The summed E-state index contributed by atoms with van der Waals surface area (Å²) in [5, 5.41) is 83.5. The number of esters is 4. The predicted molar refractivity (Wildman–Crippen MR) is 505 cm³/mol. The van der Waals surface area contributed by atoms with Crippen LogP contribution in [0.1, 0.15) is 387 Å². The third-order valence-corrected chi connectivity index (χ3v) is 21.6. The largest absolute Gasteiger partial charge is 0.462 e. The van der Waals surface area contributed by atoms with Crippen molar-refractivity contribution in [2.24, 2.45) is 0 Å². The third kappa shape index (κ3) is 95.1. The van der Waals surface area contributed by atoms with Gasteiger partial charge in [0.2, 0.25) is 0 Å². The number of hydrogen-bond donors (Lipinski definition) is 8. The van der Waals surface area contributed by atoms with Gasteiger partial charge < -0.3 is 102 Å². The molecule has 0 saturated carbocycles. The minimum Gasteiger partial charge on any atom is -0.462 e. The maximum absolute atomic E-state index is 13.0. The summed E-state index contributed by atoms with van der Waals surface area (Å²) < 4.78 is 72.0. The number of ether oxygens (including phenoxy) is 13. The smallest absolute Gasteiger partial charge is 0.306 e. The average Bonchev–Trinajstić information content (AvgIpc) is 0.945. The van der Waals surface area contributed by atoms with Gasteiger partial charge in [-0.05, 0) is 128 Å². The highest BCUT2D eigenvalue weighted by Gasteiger charge is 2.23. The molecule has 0 aromatic carbocycles. The SMILES string of the molecule is CCCCCCCC/C=C/CCCCCCCC(=O)OCC(COCC(O)COCC(O)COCC(O)COCC(O)COCC(O)COCC(O)COCC(O)COCC(O)COCC(COC(=O)CCCCCCC/C=C/CCCCCCCC)OC(=O)CCCCCCC/C=C/CCCCCCCC)OC(=O)CCCCCCC/C=C/CCCCCCCC. The fourth-order valence-electron chi connectivity index (χ4n) is 14.0. The fourth-order valence-corrected chi connectivity index (χ4v) is 14.0. The van der Waals surface area contributed by atoms with E-state index in [4.69, 9.17) is 61.6 Å². The van der Waals surface area contributed by atoms with Crippen LogP contribution in [0.5, 0.6) is 0 Å². The Morgan fingerprint density at radius 3 is 0.496 bits per heavy atom. The second-order valence-electron chi connectivity index (χ2n) is 35.0. The van der Waals surface area contributed by atoms with E-state index in [0.29, 0.717) is 25.7 Å². The predicted octanol–water partition coefficient (Wildman–Crippen LogP) is 19.1. The molecule has 0 amide bonds. The first kappa shape index (κ1) is 123. The van der Waals surface area contributed by atoms with Gasteiger partial charge in [0.05, 0.1) is 119 Å². The number of aliphatic hydroxyl groups is 8. The van der Waals surface area contributed by atoms with E-state index in [-0.39, 0.29) is 170 Å². The van der Waals surface area contributed by atoms with Crippen molar-refractivity contribution in [2.75, 3.05) is 132 Å². The van der Waals surface area contributed by atoms with Crippen molar-refractivity contribution in [1.82, 2.24) is 0 Å². The molecule has 748 valence electrons. The lowest BCUT2D eigenvalue weighted by Gasteiger charge is -2.20. The fraction of sp³-hybridized carbons (Fsp3) is 0.882. The summed E-state index contributed by atoms with van der Waals surface area (Å²) in [6, 6.07) is 0. The number of allylic oxidation sites excluding steroid dienone is 8. The van der Waals surface area contributed by atoms with E-state index in [1.807, 2.05) is 0 Å². The minimum atomic E-state index is -1.10. The molecular weight excluding hydrogens is 1630 g/mol. The first-order valence-electron chi connectivity index (χ1n) is 51.0. The summed E-state index contributed by atoms with van der Waals surface area (Å²) in [5.41, 5.74) is 0. The normalized spacial score (nSPS) is 14.5. The summed E-state index contributed by atoms with van der Waals surface area (Å²) in [4.78, 5) is 51.5. The molecule has 127 heavy (non-hydrogen) atoms. The van der Waals surface area contributed by atoms with Gasteiger partial charge in [-0.2, -0.15) is 0 Å². The highest BCUT2D eigenvalue weighted by Crippen LogP contribution is 2.18. The third-order valence-electron chi connectivity index (χ3n) is 21.6. The molecule has 8 N–H and O–H groups in total. The molecular formula is C102H190O25. The van der Waals surface area contributed by atoms with Crippen LogP contribution in [0, 0.1) is 0 Å². The maximum atomic E-state index is 13.0. The van der Waals surface area contributed by atoms with Gasteiger partial charge in [0, 0.05) is 25.7 Å². The lowest BCUT2D eigenvalue weighted by atomic mass is 10.1. The molecule has 0 rings (SSSR count). The van der Waals surface area contributed by atoms with Gasteiger partial charge in [-0.1, -0.05) is 282 Å². The molecule has 25 heteroatoms. The molecule has 0 heterocycles. The molecule has 0 fully saturated rings. The van der Waals surface area contributed by atoms with Crippen LogP contribution in [-0.2, 0) is 80.8 Å². The second-order valence-corrected chi connectivity index (χ2v) is 35.0. The van der Waals surface area contributed by atoms with E-state index in [9.17, 15) is 60.0 Å². The first-order valence-corrected chi connectivity index (χ1v) is 51.0. The topological polar surface area (TPSA) is 350 Å². The van der Waals surface area contributed by atoms with Gasteiger partial charge in [-0.3, -0.25) is 19.2 Å². The van der Waals surface area contributed by atoms with Crippen molar-refractivity contribution in [1.29, 1.82) is 0 Å². The molecule has 10 unspecified atom stereocenters. The zero-order chi connectivity index (χ0) is 92.7. The number of hydrogen-bond acceptors (Lipinski definition) is 25. The van der Waals surface area contributed by atoms with Crippen LogP contribution < -0.4 is 0 Å². The van der Waals surface area contributed by atoms with Crippen LogP contribution in [0.15, 0.2) is 48.6 Å². The van der Waals surface area contributed by atoms with Crippen LogP contribution in [0.4, 0.5) is 0 Å². The van der Waals surface area contributed by atoms with Gasteiger partial charge in [-0.25, -0.2) is 0 Å². The van der Waals surface area contributed by atoms with Gasteiger partial charge >= 0.3 is 23.9 Å². The molecule has 25 nitrogen and oxygen atoms in total. The number of carbonyl (C=O) groups excluding carboxylic acids is 4. The Bertz CT molecular complexity index is 2290. The Hall–Kier alpha value is -3.84. The second kappa shape index (κ2) is 98.2. The van der Waals surface area contributed by atoms with Crippen LogP contribution in [0.3, 0.4) is 0 Å². The zero-order valence-electron chi connectivity index (χ0n) is 80.7. The molecule has 0 radical (unpaired) electrons. The Kier molecular flexibility index (Phi) is 95.2. The summed E-state index contributed by atoms with van der Waals surface area (Å²) in [7, 11) is 0. The van der Waals surface area contributed by atoms with Crippen LogP contribution in [-0.4, -0.2) is 258 Å². The van der Waals surface area contributed by atoms with Crippen LogP contribution in [0.2, 0.25) is 0 Å². The van der Waals surface area contributed by atoms with Crippen molar-refractivity contribution in [2.45, 2.75) is 448 Å². The summed E-state index contributed by atoms with van der Waals surface area (Å²) in [5.74, 6) is -1.53. The van der Waals surface area contributed by atoms with Gasteiger partial charge in [0.15, 0.2) is 12.2 Å². The molecule has 10 atom stereocenters. The van der Waals surface area contributed by atoms with Crippen LogP contribution >= 0.6 is 0 Å². The Morgan fingerprint density at radius 1 is 0.181 bits per heavy atom. The zero-order valence-corrected chi connectivity index (χ0v) is 80.7. The van der Waals surface area contributed by atoms with E-state index in [0.717, 1.165) is 154 Å². The Balaban J connectivity index is 4.60. The molecule has 0 aliphatic heterocycles. The quantitative estimate of drug-likeness (QED) is 0.0121.